The van der Waals surface area contributed by atoms with E-state index in [1.807, 2.05) is 11.0 Å². The second-order valence-electron chi connectivity index (χ2n) is 8.22. The molecule has 1 amide bonds. The standard InChI is InChI=1S/C21H28N4OS/c1-15-10-16(2)12-24(11-15)19(26)14-27-21-23-22-20(18-8-9-18)25(21)13-17-6-4-3-5-7-17/h3-7,15-16,18H,8-14H2,1-2H3. The molecule has 6 heteroatoms. The predicted molar refractivity (Wildman–Crippen MR) is 108 cm³/mol. The number of carbonyl (C=O) groups is 1. The first-order chi connectivity index (χ1) is 13.1. The van der Waals surface area contributed by atoms with Crippen LogP contribution < -0.4 is 0 Å². The Kier molecular flexibility index (Phi) is 5.53. The maximum atomic E-state index is 12.7. The van der Waals surface area contributed by atoms with Crippen molar-refractivity contribution in [3.8, 4) is 0 Å². The quantitative estimate of drug-likeness (QED) is 0.711. The van der Waals surface area contributed by atoms with E-state index in [0.717, 1.165) is 30.6 Å². The summed E-state index contributed by atoms with van der Waals surface area (Å²) in [4.78, 5) is 14.8. The van der Waals surface area contributed by atoms with Gasteiger partial charge >= 0.3 is 0 Å². The number of hydrogen-bond donors (Lipinski definition) is 0. The van der Waals surface area contributed by atoms with Gasteiger partial charge in [-0.25, -0.2) is 0 Å². The zero-order valence-corrected chi connectivity index (χ0v) is 17.0. The second kappa shape index (κ2) is 8.05. The molecule has 2 unspecified atom stereocenters. The van der Waals surface area contributed by atoms with Crippen LogP contribution in [-0.2, 0) is 11.3 Å². The molecule has 1 aromatic heterocycles. The van der Waals surface area contributed by atoms with Gasteiger partial charge in [-0.1, -0.05) is 55.9 Å². The lowest BCUT2D eigenvalue weighted by Crippen LogP contribution is -2.43. The molecule has 27 heavy (non-hydrogen) atoms. The van der Waals surface area contributed by atoms with E-state index in [2.05, 4.69) is 52.9 Å². The van der Waals surface area contributed by atoms with Crippen molar-refractivity contribution in [3.63, 3.8) is 0 Å². The van der Waals surface area contributed by atoms with Crippen molar-refractivity contribution in [1.82, 2.24) is 19.7 Å². The Hall–Kier alpha value is -1.82. The van der Waals surface area contributed by atoms with Crippen LogP contribution in [0, 0.1) is 11.8 Å². The number of carbonyl (C=O) groups excluding carboxylic acids is 1. The third kappa shape index (κ3) is 4.54. The molecule has 5 nitrogen and oxygen atoms in total. The molecule has 2 aliphatic rings. The molecule has 0 spiro atoms. The highest BCUT2D eigenvalue weighted by Gasteiger charge is 2.31. The lowest BCUT2D eigenvalue weighted by molar-refractivity contribution is -0.130. The Morgan fingerprint density at radius 2 is 1.81 bits per heavy atom. The topological polar surface area (TPSA) is 51.0 Å². The van der Waals surface area contributed by atoms with Gasteiger partial charge in [-0.05, 0) is 36.7 Å². The average molecular weight is 385 g/mol. The fourth-order valence-electron chi connectivity index (χ4n) is 4.05. The number of aromatic nitrogens is 3. The molecule has 144 valence electrons. The number of likely N-dealkylation sites (tertiary alicyclic amines) is 1. The minimum absolute atomic E-state index is 0.223. The third-order valence-electron chi connectivity index (χ3n) is 5.42. The molecule has 1 aromatic carbocycles. The van der Waals surface area contributed by atoms with Gasteiger partial charge in [0.05, 0.1) is 12.3 Å². The van der Waals surface area contributed by atoms with Crippen LogP contribution in [0.4, 0.5) is 0 Å². The van der Waals surface area contributed by atoms with Gasteiger partial charge in [0, 0.05) is 19.0 Å². The van der Waals surface area contributed by atoms with Crippen LogP contribution in [-0.4, -0.2) is 44.4 Å². The van der Waals surface area contributed by atoms with Crippen molar-refractivity contribution >= 4 is 17.7 Å². The van der Waals surface area contributed by atoms with Crippen molar-refractivity contribution in [2.24, 2.45) is 11.8 Å². The fourth-order valence-corrected chi connectivity index (χ4v) is 4.90. The number of hydrogen-bond acceptors (Lipinski definition) is 4. The van der Waals surface area contributed by atoms with Gasteiger partial charge in [0.1, 0.15) is 5.82 Å². The first-order valence-electron chi connectivity index (χ1n) is 9.97. The highest BCUT2D eigenvalue weighted by atomic mass is 32.2. The summed E-state index contributed by atoms with van der Waals surface area (Å²) in [5.74, 6) is 3.46. The SMILES string of the molecule is CC1CC(C)CN(C(=O)CSc2nnc(C3CC3)n2Cc2ccccc2)C1. The van der Waals surface area contributed by atoms with Gasteiger partial charge in [-0.3, -0.25) is 4.79 Å². The van der Waals surface area contributed by atoms with Gasteiger partial charge in [-0.2, -0.15) is 0 Å². The molecule has 1 aliphatic heterocycles. The van der Waals surface area contributed by atoms with E-state index in [1.54, 1.807) is 0 Å². The summed E-state index contributed by atoms with van der Waals surface area (Å²) >= 11 is 1.53. The molecule has 0 N–H and O–H groups in total. The highest BCUT2D eigenvalue weighted by molar-refractivity contribution is 7.99. The molecule has 2 atom stereocenters. The van der Waals surface area contributed by atoms with Crippen molar-refractivity contribution in [2.45, 2.75) is 50.7 Å². The van der Waals surface area contributed by atoms with Crippen molar-refractivity contribution in [3.05, 3.63) is 41.7 Å². The summed E-state index contributed by atoms with van der Waals surface area (Å²) in [7, 11) is 0. The zero-order chi connectivity index (χ0) is 18.8. The van der Waals surface area contributed by atoms with Crippen molar-refractivity contribution in [1.29, 1.82) is 0 Å². The van der Waals surface area contributed by atoms with Gasteiger partial charge in [0.2, 0.25) is 5.91 Å². The first kappa shape index (κ1) is 18.5. The second-order valence-corrected chi connectivity index (χ2v) is 9.16. The van der Waals surface area contributed by atoms with Gasteiger partial charge in [0.15, 0.2) is 5.16 Å². The molecule has 4 rings (SSSR count). The van der Waals surface area contributed by atoms with Crippen LogP contribution in [0.25, 0.3) is 0 Å². The zero-order valence-electron chi connectivity index (χ0n) is 16.2. The number of amides is 1. The molecule has 2 fully saturated rings. The Morgan fingerprint density at radius 1 is 1.11 bits per heavy atom. The summed E-state index contributed by atoms with van der Waals surface area (Å²) in [6, 6.07) is 10.4. The van der Waals surface area contributed by atoms with Crippen LogP contribution >= 0.6 is 11.8 Å². The molecule has 2 aromatic rings. The monoisotopic (exact) mass is 384 g/mol. The van der Waals surface area contributed by atoms with E-state index in [9.17, 15) is 4.79 Å². The van der Waals surface area contributed by atoms with Crippen LogP contribution in [0.2, 0.25) is 0 Å². The number of benzene rings is 1. The molecule has 0 bridgehead atoms. The maximum absolute atomic E-state index is 12.7. The predicted octanol–water partition coefficient (Wildman–Crippen LogP) is 3.80. The average Bonchev–Trinajstić information content (AvgIpc) is 3.42. The van der Waals surface area contributed by atoms with Crippen LogP contribution in [0.1, 0.15) is 50.4 Å². The maximum Gasteiger partial charge on any atom is 0.233 e. The number of piperidine rings is 1. The van der Waals surface area contributed by atoms with Crippen LogP contribution in [0.3, 0.4) is 0 Å². The van der Waals surface area contributed by atoms with E-state index in [1.165, 1.54) is 36.6 Å². The molecular formula is C21H28N4OS. The Bertz CT molecular complexity index is 777. The smallest absolute Gasteiger partial charge is 0.233 e. The number of thioether (sulfide) groups is 1. The summed E-state index contributed by atoms with van der Waals surface area (Å²) < 4.78 is 2.21. The molecule has 1 saturated heterocycles. The minimum atomic E-state index is 0.223. The Morgan fingerprint density at radius 3 is 2.48 bits per heavy atom. The molecule has 1 aliphatic carbocycles. The summed E-state index contributed by atoms with van der Waals surface area (Å²) in [5, 5.41) is 9.75. The van der Waals surface area contributed by atoms with E-state index in [4.69, 9.17) is 0 Å². The number of rotatable bonds is 6. The lowest BCUT2D eigenvalue weighted by Gasteiger charge is -2.35. The fraction of sp³-hybridized carbons (Fsp3) is 0.571. The van der Waals surface area contributed by atoms with Crippen molar-refractivity contribution < 1.29 is 4.79 Å². The highest BCUT2D eigenvalue weighted by Crippen LogP contribution is 2.40. The summed E-state index contributed by atoms with van der Waals surface area (Å²) in [6.45, 7) is 7.01. The molecule has 2 heterocycles. The van der Waals surface area contributed by atoms with E-state index in [0.29, 0.717) is 23.5 Å². The molecule has 1 saturated carbocycles. The Balaban J connectivity index is 1.45. The normalized spacial score (nSPS) is 22.8. The van der Waals surface area contributed by atoms with Crippen LogP contribution in [0.15, 0.2) is 35.5 Å². The first-order valence-corrected chi connectivity index (χ1v) is 11.0. The largest absolute Gasteiger partial charge is 0.341 e. The van der Waals surface area contributed by atoms with E-state index in [-0.39, 0.29) is 5.91 Å². The molecular weight excluding hydrogens is 356 g/mol. The van der Waals surface area contributed by atoms with E-state index >= 15 is 0 Å². The Labute approximate surface area is 165 Å². The number of nitrogens with zero attached hydrogens (tertiary/aromatic N) is 4. The molecule has 0 radical (unpaired) electrons. The van der Waals surface area contributed by atoms with E-state index < -0.39 is 0 Å². The van der Waals surface area contributed by atoms with Crippen molar-refractivity contribution in [2.75, 3.05) is 18.8 Å². The summed E-state index contributed by atoms with van der Waals surface area (Å²) in [6.07, 6.45) is 3.60. The lowest BCUT2D eigenvalue weighted by atomic mass is 9.92. The van der Waals surface area contributed by atoms with Crippen LogP contribution in [0.5, 0.6) is 0 Å². The minimum Gasteiger partial charge on any atom is -0.341 e. The van der Waals surface area contributed by atoms with Gasteiger partial charge in [-0.15, -0.1) is 10.2 Å². The third-order valence-corrected chi connectivity index (χ3v) is 6.37. The van der Waals surface area contributed by atoms with Gasteiger partial charge < -0.3 is 9.47 Å². The van der Waals surface area contributed by atoms with Gasteiger partial charge in [0.25, 0.3) is 0 Å². The summed E-state index contributed by atoms with van der Waals surface area (Å²) in [5.41, 5.74) is 1.24.